The van der Waals surface area contributed by atoms with E-state index in [0.717, 1.165) is 23.4 Å². The summed E-state index contributed by atoms with van der Waals surface area (Å²) in [5.41, 5.74) is 4.32. The first-order valence-electron chi connectivity index (χ1n) is 14.0. The topological polar surface area (TPSA) is 75.7 Å². The van der Waals surface area contributed by atoms with E-state index in [9.17, 15) is 14.4 Å². The van der Waals surface area contributed by atoms with Crippen molar-refractivity contribution in [1.29, 1.82) is 0 Å². The molecule has 3 aromatic carbocycles. The van der Waals surface area contributed by atoms with Crippen LogP contribution in [0, 0.1) is 17.8 Å². The number of imide groups is 1. The summed E-state index contributed by atoms with van der Waals surface area (Å²) in [4.78, 5) is 40.2. The standard InChI is InChI=1S/C33H32N2O4/c1-39-29-11-6-20(19-35-31(37)26-4-2-3-5-27(26)32(35)38)15-28(29)30(36)34-25-9-7-24(8-10-25)33-16-21-12-22(17-33)14-23(13-21)18-33/h2-11,15,21-23H,12-14,16-19H2,1H3,(H,34,36). The molecule has 0 atom stereocenters. The predicted molar refractivity (Wildman–Crippen MR) is 148 cm³/mol. The Hall–Kier alpha value is -3.93. The third-order valence-electron chi connectivity index (χ3n) is 9.52. The number of hydrogen-bond acceptors (Lipinski definition) is 4. The molecule has 5 aliphatic rings. The molecule has 6 heteroatoms. The van der Waals surface area contributed by atoms with Crippen LogP contribution in [-0.4, -0.2) is 29.7 Å². The summed E-state index contributed by atoms with van der Waals surface area (Å²) in [6, 6.07) is 20.4. The Morgan fingerprint density at radius 2 is 1.46 bits per heavy atom. The number of benzene rings is 3. The minimum absolute atomic E-state index is 0.0797. The van der Waals surface area contributed by atoms with Crippen LogP contribution < -0.4 is 10.1 Å². The van der Waals surface area contributed by atoms with Crippen LogP contribution in [0.25, 0.3) is 0 Å². The molecular formula is C33H32N2O4. The maximum atomic E-state index is 13.4. The second-order valence-corrected chi connectivity index (χ2v) is 12.0. The molecule has 0 unspecified atom stereocenters. The van der Waals surface area contributed by atoms with Gasteiger partial charge in [0, 0.05) is 5.69 Å². The molecule has 0 spiro atoms. The lowest BCUT2D eigenvalue weighted by Gasteiger charge is -2.57. The van der Waals surface area contributed by atoms with Gasteiger partial charge in [0.2, 0.25) is 0 Å². The average molecular weight is 521 g/mol. The fraction of sp³-hybridized carbons (Fsp3) is 0.364. The van der Waals surface area contributed by atoms with Gasteiger partial charge in [0.25, 0.3) is 17.7 Å². The van der Waals surface area contributed by atoms with Crippen molar-refractivity contribution in [3.05, 3.63) is 94.5 Å². The highest BCUT2D eigenvalue weighted by atomic mass is 16.5. The van der Waals surface area contributed by atoms with Crippen molar-refractivity contribution in [3.63, 3.8) is 0 Å². The summed E-state index contributed by atoms with van der Waals surface area (Å²) < 4.78 is 5.47. The molecule has 0 aromatic heterocycles. The summed E-state index contributed by atoms with van der Waals surface area (Å²) in [5, 5.41) is 3.02. The van der Waals surface area contributed by atoms with Gasteiger partial charge in [0.15, 0.2) is 0 Å². The minimum Gasteiger partial charge on any atom is -0.496 e. The van der Waals surface area contributed by atoms with Gasteiger partial charge in [-0.2, -0.15) is 0 Å². The molecule has 4 fully saturated rings. The molecule has 4 aliphatic carbocycles. The van der Waals surface area contributed by atoms with Crippen LogP contribution in [0.1, 0.15) is 80.7 Å². The van der Waals surface area contributed by atoms with E-state index in [4.69, 9.17) is 4.74 Å². The fourth-order valence-electron chi connectivity index (χ4n) is 8.17. The van der Waals surface area contributed by atoms with E-state index < -0.39 is 0 Å². The van der Waals surface area contributed by atoms with Crippen molar-refractivity contribution in [2.75, 3.05) is 12.4 Å². The van der Waals surface area contributed by atoms with E-state index in [1.807, 2.05) is 12.1 Å². The van der Waals surface area contributed by atoms with Gasteiger partial charge in [0.05, 0.1) is 30.3 Å². The molecule has 6 nitrogen and oxygen atoms in total. The van der Waals surface area contributed by atoms with Crippen molar-refractivity contribution in [3.8, 4) is 5.75 Å². The van der Waals surface area contributed by atoms with Crippen LogP contribution in [0.5, 0.6) is 5.75 Å². The molecule has 4 saturated carbocycles. The van der Waals surface area contributed by atoms with Gasteiger partial charge >= 0.3 is 0 Å². The number of methoxy groups -OCH3 is 1. The lowest BCUT2D eigenvalue weighted by molar-refractivity contribution is -0.00518. The largest absolute Gasteiger partial charge is 0.496 e. The van der Waals surface area contributed by atoms with Gasteiger partial charge in [0.1, 0.15) is 5.75 Å². The van der Waals surface area contributed by atoms with Crippen LogP contribution in [0.4, 0.5) is 5.69 Å². The minimum atomic E-state index is -0.323. The number of carbonyl (C=O) groups excluding carboxylic acids is 3. The molecule has 4 bridgehead atoms. The summed E-state index contributed by atoms with van der Waals surface area (Å²) in [6.45, 7) is 0.0797. The zero-order valence-electron chi connectivity index (χ0n) is 22.1. The Balaban J connectivity index is 1.08. The average Bonchev–Trinajstić information content (AvgIpc) is 3.17. The Labute approximate surface area is 228 Å². The summed E-state index contributed by atoms with van der Waals surface area (Å²) in [5.74, 6) is 2.15. The number of nitrogens with zero attached hydrogens (tertiary/aromatic N) is 1. The van der Waals surface area contributed by atoms with Crippen LogP contribution >= 0.6 is 0 Å². The van der Waals surface area contributed by atoms with Crippen LogP contribution in [0.3, 0.4) is 0 Å². The smallest absolute Gasteiger partial charge is 0.261 e. The van der Waals surface area contributed by atoms with E-state index in [1.165, 1.54) is 56.1 Å². The number of fused-ring (bicyclic) bond motifs is 1. The highest BCUT2D eigenvalue weighted by Crippen LogP contribution is 2.60. The SMILES string of the molecule is COc1ccc(CN2C(=O)c3ccccc3C2=O)cc1C(=O)Nc1ccc(C23CC4CC(CC(C4)C2)C3)cc1. The first-order valence-corrected chi connectivity index (χ1v) is 14.0. The molecule has 0 saturated heterocycles. The van der Waals surface area contributed by atoms with Crippen molar-refractivity contribution in [1.82, 2.24) is 4.90 Å². The molecule has 3 amide bonds. The van der Waals surface area contributed by atoms with Crippen LogP contribution in [-0.2, 0) is 12.0 Å². The van der Waals surface area contributed by atoms with Crippen molar-refractivity contribution in [2.45, 2.75) is 50.5 Å². The van der Waals surface area contributed by atoms with E-state index in [-0.39, 0.29) is 24.3 Å². The number of amides is 3. The summed E-state index contributed by atoms with van der Waals surface area (Å²) in [6.07, 6.45) is 8.18. The summed E-state index contributed by atoms with van der Waals surface area (Å²) in [7, 11) is 1.52. The maximum Gasteiger partial charge on any atom is 0.261 e. The predicted octanol–water partition coefficient (Wildman–Crippen LogP) is 6.21. The van der Waals surface area contributed by atoms with Crippen molar-refractivity contribution < 1.29 is 19.1 Å². The fourth-order valence-corrected chi connectivity index (χ4v) is 8.17. The normalized spacial score (nSPS) is 26.6. The third kappa shape index (κ3) is 4.05. The number of nitrogens with one attached hydrogen (secondary N) is 1. The molecule has 1 heterocycles. The molecule has 1 N–H and O–H groups in total. The number of hydrogen-bond donors (Lipinski definition) is 1. The van der Waals surface area contributed by atoms with E-state index in [2.05, 4.69) is 17.4 Å². The Kier molecular flexibility index (Phi) is 5.62. The number of rotatable bonds is 6. The highest BCUT2D eigenvalue weighted by molar-refractivity contribution is 6.21. The molecular weight excluding hydrogens is 488 g/mol. The Morgan fingerprint density at radius 3 is 2.03 bits per heavy atom. The molecule has 198 valence electrons. The first kappa shape index (κ1) is 24.1. The van der Waals surface area contributed by atoms with Crippen molar-refractivity contribution in [2.24, 2.45) is 17.8 Å². The lowest BCUT2D eigenvalue weighted by atomic mass is 9.48. The first-order chi connectivity index (χ1) is 18.9. The van der Waals surface area contributed by atoms with Crippen LogP contribution in [0.15, 0.2) is 66.7 Å². The lowest BCUT2D eigenvalue weighted by Crippen LogP contribution is -2.48. The third-order valence-corrected chi connectivity index (χ3v) is 9.52. The van der Waals surface area contributed by atoms with Gasteiger partial charge in [-0.05, 0) is 109 Å². The molecule has 3 aromatic rings. The maximum absolute atomic E-state index is 13.4. The quantitative estimate of drug-likeness (QED) is 0.392. The number of carbonyl (C=O) groups is 3. The Morgan fingerprint density at radius 1 is 0.872 bits per heavy atom. The van der Waals surface area contributed by atoms with E-state index >= 15 is 0 Å². The zero-order valence-corrected chi connectivity index (χ0v) is 22.1. The molecule has 0 radical (unpaired) electrons. The van der Waals surface area contributed by atoms with Gasteiger partial charge in [-0.25, -0.2) is 0 Å². The second kappa shape index (κ2) is 9.08. The van der Waals surface area contributed by atoms with Crippen molar-refractivity contribution >= 4 is 23.4 Å². The van der Waals surface area contributed by atoms with Gasteiger partial charge in [-0.15, -0.1) is 0 Å². The monoisotopic (exact) mass is 520 g/mol. The van der Waals surface area contributed by atoms with Gasteiger partial charge in [-0.3, -0.25) is 19.3 Å². The molecule has 1 aliphatic heterocycles. The van der Waals surface area contributed by atoms with E-state index in [0.29, 0.717) is 33.4 Å². The van der Waals surface area contributed by atoms with Gasteiger partial charge < -0.3 is 10.1 Å². The number of ether oxygens (including phenoxy) is 1. The second-order valence-electron chi connectivity index (χ2n) is 12.0. The van der Waals surface area contributed by atoms with Crippen LogP contribution in [0.2, 0.25) is 0 Å². The molecule has 8 rings (SSSR count). The van der Waals surface area contributed by atoms with E-state index in [1.54, 1.807) is 42.5 Å². The molecule has 39 heavy (non-hydrogen) atoms. The highest BCUT2D eigenvalue weighted by Gasteiger charge is 2.51. The van der Waals surface area contributed by atoms with Gasteiger partial charge in [-0.1, -0.05) is 30.3 Å². The zero-order chi connectivity index (χ0) is 26.7. The summed E-state index contributed by atoms with van der Waals surface area (Å²) >= 11 is 0. The number of anilines is 1. The Bertz CT molecular complexity index is 1420.